The van der Waals surface area contributed by atoms with Gasteiger partial charge in [0.1, 0.15) is 0 Å². The minimum Gasteiger partial charge on any atom is -0.323 e. The summed E-state index contributed by atoms with van der Waals surface area (Å²) in [6.07, 6.45) is 6.20. The molecule has 1 aliphatic carbocycles. The van der Waals surface area contributed by atoms with Crippen molar-refractivity contribution in [1.82, 2.24) is 10.2 Å². The summed E-state index contributed by atoms with van der Waals surface area (Å²) in [5.74, 6) is 0.304. The molecule has 2 atom stereocenters. The first-order chi connectivity index (χ1) is 7.56. The molecule has 0 aromatic carbocycles. The van der Waals surface area contributed by atoms with Gasteiger partial charge in [-0.15, -0.1) is 0 Å². The number of carbonyl (C=O) groups excluding carboxylic acids is 1. The van der Waals surface area contributed by atoms with E-state index in [2.05, 4.69) is 31.0 Å². The highest BCUT2D eigenvalue weighted by Gasteiger charge is 2.44. The lowest BCUT2D eigenvalue weighted by Gasteiger charge is -2.38. The van der Waals surface area contributed by atoms with Crippen LogP contribution in [0.5, 0.6) is 0 Å². The Labute approximate surface area is 98.6 Å². The van der Waals surface area contributed by atoms with Crippen LogP contribution >= 0.6 is 0 Å². The quantitative estimate of drug-likeness (QED) is 0.796. The predicted octanol–water partition coefficient (Wildman–Crippen LogP) is 2.12. The molecule has 2 fully saturated rings. The lowest BCUT2D eigenvalue weighted by molar-refractivity contribution is -0.132. The van der Waals surface area contributed by atoms with Crippen LogP contribution in [0.1, 0.15) is 52.9 Å². The monoisotopic (exact) mass is 224 g/mol. The molecule has 3 nitrogen and oxygen atoms in total. The number of nitrogens with one attached hydrogen (secondary N) is 1. The summed E-state index contributed by atoms with van der Waals surface area (Å²) in [6, 6.07) is 0.451. The molecule has 1 heterocycles. The Bertz CT molecular complexity index is 275. The van der Waals surface area contributed by atoms with Gasteiger partial charge < -0.3 is 4.90 Å². The number of hydrogen-bond donors (Lipinski definition) is 1. The van der Waals surface area contributed by atoms with Gasteiger partial charge >= 0.3 is 0 Å². The Morgan fingerprint density at radius 2 is 2.25 bits per heavy atom. The van der Waals surface area contributed by atoms with Gasteiger partial charge in [-0.05, 0) is 24.7 Å². The van der Waals surface area contributed by atoms with E-state index in [4.69, 9.17) is 0 Å². The van der Waals surface area contributed by atoms with Crippen LogP contribution in [0.2, 0.25) is 0 Å². The second kappa shape index (κ2) is 4.36. The molecule has 0 aromatic heterocycles. The van der Waals surface area contributed by atoms with E-state index in [1.807, 2.05) is 0 Å². The van der Waals surface area contributed by atoms with Gasteiger partial charge in [0.2, 0.25) is 5.91 Å². The van der Waals surface area contributed by atoms with Crippen molar-refractivity contribution in [2.75, 3.05) is 6.54 Å². The Morgan fingerprint density at radius 3 is 2.81 bits per heavy atom. The van der Waals surface area contributed by atoms with Gasteiger partial charge in [0.05, 0.1) is 12.7 Å². The molecule has 92 valence electrons. The highest BCUT2D eigenvalue weighted by molar-refractivity contribution is 5.81. The number of hydrogen-bond acceptors (Lipinski definition) is 2. The van der Waals surface area contributed by atoms with Crippen LogP contribution in [0.15, 0.2) is 0 Å². The molecule has 1 amide bonds. The third kappa shape index (κ3) is 1.97. The van der Waals surface area contributed by atoms with Crippen LogP contribution in [-0.4, -0.2) is 29.6 Å². The normalized spacial score (nSPS) is 33.7. The average molecular weight is 224 g/mol. The summed E-state index contributed by atoms with van der Waals surface area (Å²) in [4.78, 5) is 14.1. The molecule has 2 unspecified atom stereocenters. The van der Waals surface area contributed by atoms with E-state index in [9.17, 15) is 4.79 Å². The first kappa shape index (κ1) is 11.9. The van der Waals surface area contributed by atoms with E-state index in [0.29, 0.717) is 30.1 Å². The summed E-state index contributed by atoms with van der Waals surface area (Å²) in [7, 11) is 0. The maximum atomic E-state index is 12.0. The molecule has 3 heteroatoms. The number of rotatable bonds is 3. The van der Waals surface area contributed by atoms with Crippen LogP contribution in [0.3, 0.4) is 0 Å². The Morgan fingerprint density at radius 1 is 1.50 bits per heavy atom. The van der Waals surface area contributed by atoms with Crippen LogP contribution in [0.4, 0.5) is 0 Å². The third-order valence-electron chi connectivity index (χ3n) is 4.21. The molecule has 0 radical (unpaired) electrons. The first-order valence-corrected chi connectivity index (χ1v) is 6.61. The summed E-state index contributed by atoms with van der Waals surface area (Å²) >= 11 is 0. The van der Waals surface area contributed by atoms with E-state index < -0.39 is 0 Å². The molecule has 2 rings (SSSR count). The zero-order valence-electron chi connectivity index (χ0n) is 10.8. The van der Waals surface area contributed by atoms with Crippen molar-refractivity contribution < 1.29 is 4.79 Å². The van der Waals surface area contributed by atoms with Crippen LogP contribution in [0, 0.1) is 5.41 Å². The molecule has 1 aliphatic heterocycles. The van der Waals surface area contributed by atoms with E-state index in [1.165, 1.54) is 19.3 Å². The molecular weight excluding hydrogens is 200 g/mol. The van der Waals surface area contributed by atoms with E-state index in [1.54, 1.807) is 0 Å². The van der Waals surface area contributed by atoms with E-state index in [-0.39, 0.29) is 0 Å². The predicted molar refractivity (Wildman–Crippen MR) is 65.0 cm³/mol. The molecule has 1 N–H and O–H groups in total. The zero-order valence-corrected chi connectivity index (χ0v) is 10.8. The molecule has 1 saturated heterocycles. The number of amides is 1. The van der Waals surface area contributed by atoms with Gasteiger partial charge in [0.15, 0.2) is 0 Å². The van der Waals surface area contributed by atoms with Crippen molar-refractivity contribution >= 4 is 5.91 Å². The van der Waals surface area contributed by atoms with Gasteiger partial charge in [0, 0.05) is 6.04 Å². The minimum atomic E-state index is 0.292. The lowest BCUT2D eigenvalue weighted by Crippen LogP contribution is -2.48. The van der Waals surface area contributed by atoms with Crippen molar-refractivity contribution in [3.63, 3.8) is 0 Å². The Kier molecular flexibility index (Phi) is 3.24. The minimum absolute atomic E-state index is 0.292. The van der Waals surface area contributed by atoms with E-state index in [0.717, 1.165) is 12.8 Å². The van der Waals surface area contributed by atoms with Crippen LogP contribution in [-0.2, 0) is 4.79 Å². The molecule has 1 saturated carbocycles. The molecule has 16 heavy (non-hydrogen) atoms. The van der Waals surface area contributed by atoms with Crippen molar-refractivity contribution in [2.24, 2.45) is 5.41 Å². The molecular formula is C13H24N2O. The van der Waals surface area contributed by atoms with Crippen molar-refractivity contribution in [2.45, 2.75) is 65.1 Å². The van der Waals surface area contributed by atoms with Crippen molar-refractivity contribution in [3.05, 3.63) is 0 Å². The van der Waals surface area contributed by atoms with Gasteiger partial charge in [0.25, 0.3) is 0 Å². The van der Waals surface area contributed by atoms with Gasteiger partial charge in [-0.1, -0.05) is 33.6 Å². The fraction of sp³-hybridized carbons (Fsp3) is 0.923. The summed E-state index contributed by atoms with van der Waals surface area (Å²) < 4.78 is 0. The fourth-order valence-corrected chi connectivity index (χ4v) is 3.30. The van der Waals surface area contributed by atoms with Gasteiger partial charge in [-0.3, -0.25) is 10.1 Å². The maximum absolute atomic E-state index is 12.0. The highest BCUT2D eigenvalue weighted by Crippen LogP contribution is 2.42. The second-order valence-corrected chi connectivity index (χ2v) is 5.88. The molecule has 0 aromatic rings. The van der Waals surface area contributed by atoms with Crippen molar-refractivity contribution in [3.8, 4) is 0 Å². The fourth-order valence-electron chi connectivity index (χ4n) is 3.30. The van der Waals surface area contributed by atoms with Crippen molar-refractivity contribution in [1.29, 1.82) is 0 Å². The SMILES string of the molecule is CCCC1NCC(=O)N1C1CCCC1(C)C. The van der Waals surface area contributed by atoms with Crippen LogP contribution in [0.25, 0.3) is 0 Å². The average Bonchev–Trinajstić information content (AvgIpc) is 2.71. The number of nitrogens with zero attached hydrogens (tertiary/aromatic N) is 1. The zero-order chi connectivity index (χ0) is 11.8. The topological polar surface area (TPSA) is 32.3 Å². The standard InChI is InChI=1S/C13H24N2O/c1-4-6-11-14-9-12(16)15(11)10-7-5-8-13(10,2)3/h10-11,14H,4-9H2,1-3H3. The van der Waals surface area contributed by atoms with Gasteiger partial charge in [-0.2, -0.15) is 0 Å². The largest absolute Gasteiger partial charge is 0.323 e. The highest BCUT2D eigenvalue weighted by atomic mass is 16.2. The lowest BCUT2D eigenvalue weighted by atomic mass is 9.86. The summed E-state index contributed by atoms with van der Waals surface area (Å²) in [5.41, 5.74) is 0.299. The molecule has 0 bridgehead atoms. The number of carbonyl (C=O) groups is 1. The van der Waals surface area contributed by atoms with Gasteiger partial charge in [-0.25, -0.2) is 0 Å². The second-order valence-electron chi connectivity index (χ2n) is 5.88. The Hall–Kier alpha value is -0.570. The smallest absolute Gasteiger partial charge is 0.238 e. The Balaban J connectivity index is 2.13. The first-order valence-electron chi connectivity index (χ1n) is 6.61. The summed E-state index contributed by atoms with van der Waals surface area (Å²) in [6.45, 7) is 7.33. The third-order valence-corrected chi connectivity index (χ3v) is 4.21. The molecule has 2 aliphatic rings. The van der Waals surface area contributed by atoms with Crippen LogP contribution < -0.4 is 5.32 Å². The molecule has 0 spiro atoms. The maximum Gasteiger partial charge on any atom is 0.238 e. The van der Waals surface area contributed by atoms with E-state index >= 15 is 0 Å². The summed E-state index contributed by atoms with van der Waals surface area (Å²) in [5, 5.41) is 3.35.